The number of fused-ring (bicyclic) bond motifs is 1. The van der Waals surface area contributed by atoms with Crippen LogP contribution in [-0.2, 0) is 21.2 Å². The summed E-state index contributed by atoms with van der Waals surface area (Å²) in [7, 11) is -3.93. The third-order valence-electron chi connectivity index (χ3n) is 5.90. The molecule has 0 saturated carbocycles. The summed E-state index contributed by atoms with van der Waals surface area (Å²) in [4.78, 5) is 25.1. The molecule has 0 fully saturated rings. The number of sulfonamides is 1. The van der Waals surface area contributed by atoms with E-state index in [1.54, 1.807) is 31.2 Å². The van der Waals surface area contributed by atoms with E-state index < -0.39 is 27.7 Å². The molecular formula is C26H31NO6S. The number of unbranched alkanes of at least 4 members (excludes halogenated alkanes) is 1. The molecule has 0 aliphatic carbocycles. The van der Waals surface area contributed by atoms with E-state index in [1.807, 2.05) is 13.8 Å². The van der Waals surface area contributed by atoms with Crippen LogP contribution in [0.4, 0.5) is 0 Å². The van der Waals surface area contributed by atoms with Gasteiger partial charge in [-0.15, -0.1) is 0 Å². The molecule has 1 aromatic heterocycles. The van der Waals surface area contributed by atoms with Gasteiger partial charge >= 0.3 is 11.6 Å². The zero-order chi connectivity index (χ0) is 24.9. The van der Waals surface area contributed by atoms with Gasteiger partial charge in [-0.1, -0.05) is 51.3 Å². The van der Waals surface area contributed by atoms with Crippen LogP contribution in [0.25, 0.3) is 11.0 Å². The lowest BCUT2D eigenvalue weighted by Gasteiger charge is -2.22. The first-order chi connectivity index (χ1) is 16.1. The fraction of sp³-hybridized carbons (Fsp3) is 0.385. The van der Waals surface area contributed by atoms with Gasteiger partial charge in [0.05, 0.1) is 4.90 Å². The van der Waals surface area contributed by atoms with Crippen LogP contribution < -0.4 is 15.1 Å². The topological polar surface area (TPSA) is 103 Å². The molecule has 34 heavy (non-hydrogen) atoms. The van der Waals surface area contributed by atoms with Gasteiger partial charge in [0.25, 0.3) is 0 Å². The van der Waals surface area contributed by atoms with Crippen LogP contribution in [0, 0.1) is 12.8 Å². The SMILES string of the molecule is CCCCc1cc(=O)oc2cc(OC(=O)[C@H](NS(=O)(=O)c3ccc(C)cc3)[C@H](C)CC)ccc12. The molecule has 2 atom stereocenters. The second kappa shape index (κ2) is 11.0. The minimum Gasteiger partial charge on any atom is -0.425 e. The summed E-state index contributed by atoms with van der Waals surface area (Å²) in [6.45, 7) is 7.59. The summed E-state index contributed by atoms with van der Waals surface area (Å²) in [5.41, 5.74) is 1.67. The van der Waals surface area contributed by atoms with Crippen molar-refractivity contribution in [1.29, 1.82) is 0 Å². The molecule has 0 bridgehead atoms. The summed E-state index contributed by atoms with van der Waals surface area (Å²) >= 11 is 0. The van der Waals surface area contributed by atoms with Gasteiger partial charge in [-0.2, -0.15) is 4.72 Å². The fourth-order valence-electron chi connectivity index (χ4n) is 3.61. The first-order valence-electron chi connectivity index (χ1n) is 11.5. The lowest BCUT2D eigenvalue weighted by molar-refractivity contribution is -0.137. The standard InChI is InChI=1S/C26H31NO6S/c1-5-7-8-19-15-24(28)33-23-16-20(11-14-22(19)23)32-26(29)25(18(4)6-2)27-34(30,31)21-12-9-17(3)10-13-21/h9-16,18,25,27H,5-8H2,1-4H3/t18-,25-/m1/s1. The number of hydrogen-bond donors (Lipinski definition) is 1. The number of carbonyl (C=O) groups is 1. The highest BCUT2D eigenvalue weighted by atomic mass is 32.2. The molecule has 0 radical (unpaired) electrons. The van der Waals surface area contributed by atoms with Crippen molar-refractivity contribution < 1.29 is 22.4 Å². The number of rotatable bonds is 10. The van der Waals surface area contributed by atoms with Crippen molar-refractivity contribution in [2.45, 2.75) is 64.3 Å². The smallest absolute Gasteiger partial charge is 0.336 e. The zero-order valence-electron chi connectivity index (χ0n) is 20.0. The van der Waals surface area contributed by atoms with Gasteiger partial charge in [0, 0.05) is 17.5 Å². The van der Waals surface area contributed by atoms with Gasteiger partial charge in [-0.05, 0) is 55.5 Å². The van der Waals surface area contributed by atoms with Crippen molar-refractivity contribution in [3.05, 3.63) is 70.1 Å². The Morgan fingerprint density at radius 3 is 2.44 bits per heavy atom. The summed E-state index contributed by atoms with van der Waals surface area (Å²) in [6.07, 6.45) is 3.23. The quantitative estimate of drug-likeness (QED) is 0.253. The van der Waals surface area contributed by atoms with Crippen LogP contribution in [0.3, 0.4) is 0 Å². The van der Waals surface area contributed by atoms with Crippen molar-refractivity contribution in [1.82, 2.24) is 4.72 Å². The Morgan fingerprint density at radius 2 is 1.79 bits per heavy atom. The number of aryl methyl sites for hydroxylation is 2. The van der Waals surface area contributed by atoms with Crippen molar-refractivity contribution in [2.24, 2.45) is 5.92 Å². The molecule has 1 heterocycles. The first kappa shape index (κ1) is 25.6. The summed E-state index contributed by atoms with van der Waals surface area (Å²) in [5.74, 6) is -0.864. The second-order valence-corrected chi connectivity index (χ2v) is 10.3. The zero-order valence-corrected chi connectivity index (χ0v) is 20.8. The van der Waals surface area contributed by atoms with Crippen molar-refractivity contribution in [2.75, 3.05) is 0 Å². The molecular weight excluding hydrogens is 454 g/mol. The van der Waals surface area contributed by atoms with E-state index >= 15 is 0 Å². The predicted molar refractivity (Wildman–Crippen MR) is 131 cm³/mol. The molecule has 0 unspecified atom stereocenters. The molecule has 1 N–H and O–H groups in total. The Hall–Kier alpha value is -2.97. The highest BCUT2D eigenvalue weighted by Gasteiger charge is 2.31. The third kappa shape index (κ3) is 6.12. The highest BCUT2D eigenvalue weighted by Crippen LogP contribution is 2.25. The molecule has 2 aromatic carbocycles. The van der Waals surface area contributed by atoms with Gasteiger partial charge in [0.15, 0.2) is 0 Å². The lowest BCUT2D eigenvalue weighted by atomic mass is 10.0. The fourth-order valence-corrected chi connectivity index (χ4v) is 4.91. The van der Waals surface area contributed by atoms with Gasteiger partial charge in [0.2, 0.25) is 10.0 Å². The normalized spacial score (nSPS) is 13.5. The molecule has 0 spiro atoms. The third-order valence-corrected chi connectivity index (χ3v) is 7.36. The largest absolute Gasteiger partial charge is 0.425 e. The maximum absolute atomic E-state index is 13.0. The van der Waals surface area contributed by atoms with Gasteiger partial charge in [-0.25, -0.2) is 18.0 Å². The Bertz CT molecular complexity index is 1310. The van der Waals surface area contributed by atoms with Crippen LogP contribution in [0.1, 0.15) is 51.2 Å². The van der Waals surface area contributed by atoms with Crippen molar-refractivity contribution >= 4 is 27.0 Å². The molecule has 182 valence electrons. The summed E-state index contributed by atoms with van der Waals surface area (Å²) < 4.78 is 39.2. The predicted octanol–water partition coefficient (Wildman–Crippen LogP) is 4.74. The van der Waals surface area contributed by atoms with Gasteiger partial charge < -0.3 is 9.15 Å². The molecule has 0 aliphatic heterocycles. The summed E-state index contributed by atoms with van der Waals surface area (Å²) in [6, 6.07) is 11.7. The van der Waals surface area contributed by atoms with E-state index in [1.165, 1.54) is 24.3 Å². The Balaban J connectivity index is 1.86. The van der Waals surface area contributed by atoms with Crippen LogP contribution in [0.15, 0.2) is 62.6 Å². The van der Waals surface area contributed by atoms with Crippen molar-refractivity contribution in [3.8, 4) is 5.75 Å². The van der Waals surface area contributed by atoms with Crippen LogP contribution in [0.2, 0.25) is 0 Å². The number of ether oxygens (including phenoxy) is 1. The van der Waals surface area contributed by atoms with E-state index in [4.69, 9.17) is 9.15 Å². The molecule has 8 heteroatoms. The van der Waals surface area contributed by atoms with Crippen LogP contribution >= 0.6 is 0 Å². The molecule has 7 nitrogen and oxygen atoms in total. The summed E-state index contributed by atoms with van der Waals surface area (Å²) in [5, 5.41) is 0.784. The average molecular weight is 486 g/mol. The van der Waals surface area contributed by atoms with Gasteiger partial charge in [-0.3, -0.25) is 0 Å². The lowest BCUT2D eigenvalue weighted by Crippen LogP contribution is -2.46. The van der Waals surface area contributed by atoms with Crippen molar-refractivity contribution in [3.63, 3.8) is 0 Å². The number of nitrogens with one attached hydrogen (secondary N) is 1. The minimum absolute atomic E-state index is 0.0753. The van der Waals surface area contributed by atoms with E-state index in [0.29, 0.717) is 12.0 Å². The van der Waals surface area contributed by atoms with E-state index in [2.05, 4.69) is 11.6 Å². The van der Waals surface area contributed by atoms with E-state index in [0.717, 1.165) is 35.8 Å². The number of esters is 1. The molecule has 0 saturated heterocycles. The number of hydrogen-bond acceptors (Lipinski definition) is 6. The number of benzene rings is 2. The Kier molecular flexibility index (Phi) is 8.28. The molecule has 3 rings (SSSR count). The maximum Gasteiger partial charge on any atom is 0.336 e. The maximum atomic E-state index is 13.0. The molecule has 0 amide bonds. The van der Waals surface area contributed by atoms with E-state index in [-0.39, 0.29) is 16.6 Å². The van der Waals surface area contributed by atoms with Gasteiger partial charge in [0.1, 0.15) is 17.4 Å². The van der Waals surface area contributed by atoms with E-state index in [9.17, 15) is 18.0 Å². The average Bonchev–Trinajstić information content (AvgIpc) is 2.80. The van der Waals surface area contributed by atoms with Crippen LogP contribution in [0.5, 0.6) is 5.75 Å². The highest BCUT2D eigenvalue weighted by molar-refractivity contribution is 7.89. The number of carbonyl (C=O) groups excluding carboxylic acids is 1. The monoisotopic (exact) mass is 485 g/mol. The molecule has 0 aliphatic rings. The molecule has 3 aromatic rings. The Morgan fingerprint density at radius 1 is 1.09 bits per heavy atom. The minimum atomic E-state index is -3.93. The first-order valence-corrected chi connectivity index (χ1v) is 13.0. The second-order valence-electron chi connectivity index (χ2n) is 8.57. The Labute approximate surface area is 200 Å². The van der Waals surface area contributed by atoms with Crippen LogP contribution in [-0.4, -0.2) is 20.4 Å².